The van der Waals surface area contributed by atoms with Gasteiger partial charge in [0, 0.05) is 6.54 Å². The Morgan fingerprint density at radius 1 is 1.16 bits per heavy atom. The van der Waals surface area contributed by atoms with Crippen LogP contribution in [0.25, 0.3) is 0 Å². The third-order valence-electron chi connectivity index (χ3n) is 2.94. The van der Waals surface area contributed by atoms with Gasteiger partial charge in [-0.05, 0) is 24.6 Å². The van der Waals surface area contributed by atoms with E-state index in [9.17, 15) is 0 Å². The Labute approximate surface area is 113 Å². The maximum Gasteiger partial charge on any atom is 0.138 e. The van der Waals surface area contributed by atoms with Crippen molar-refractivity contribution in [2.45, 2.75) is 13.0 Å². The topological polar surface area (TPSA) is 59.0 Å². The molecule has 0 aliphatic carbocycles. The van der Waals surface area contributed by atoms with Gasteiger partial charge in [-0.15, -0.1) is 0 Å². The standard InChI is InChI=1S/C16H16N2O/c1-12-6-8-13(9-7-12)16(11-18)19-15-5-3-2-4-14(15)10-17/h2-9,16H,11,18H2,1H3. The average molecular weight is 252 g/mol. The van der Waals surface area contributed by atoms with Gasteiger partial charge in [-0.3, -0.25) is 0 Å². The third kappa shape index (κ3) is 3.12. The smallest absolute Gasteiger partial charge is 0.138 e. The molecule has 0 spiro atoms. The van der Waals surface area contributed by atoms with Gasteiger partial charge in [0.25, 0.3) is 0 Å². The number of nitrogens with zero attached hydrogens (tertiary/aromatic N) is 1. The molecule has 1 atom stereocenters. The Hall–Kier alpha value is -2.31. The van der Waals surface area contributed by atoms with Crippen molar-refractivity contribution in [2.24, 2.45) is 5.73 Å². The molecule has 0 saturated heterocycles. The van der Waals surface area contributed by atoms with Crippen LogP contribution in [0.15, 0.2) is 48.5 Å². The fourth-order valence-electron chi connectivity index (χ4n) is 1.85. The fourth-order valence-corrected chi connectivity index (χ4v) is 1.85. The van der Waals surface area contributed by atoms with E-state index < -0.39 is 0 Å². The highest BCUT2D eigenvalue weighted by Crippen LogP contribution is 2.24. The molecule has 2 rings (SSSR count). The molecule has 0 fully saturated rings. The minimum atomic E-state index is -0.241. The first-order chi connectivity index (χ1) is 9.24. The summed E-state index contributed by atoms with van der Waals surface area (Å²) in [6, 6.07) is 17.4. The summed E-state index contributed by atoms with van der Waals surface area (Å²) in [7, 11) is 0. The number of ether oxygens (including phenoxy) is 1. The Morgan fingerprint density at radius 2 is 1.84 bits per heavy atom. The largest absolute Gasteiger partial charge is 0.483 e. The quantitative estimate of drug-likeness (QED) is 0.910. The second kappa shape index (κ2) is 6.03. The van der Waals surface area contributed by atoms with Crippen LogP contribution in [0.2, 0.25) is 0 Å². The van der Waals surface area contributed by atoms with Crippen molar-refractivity contribution in [1.82, 2.24) is 0 Å². The van der Waals surface area contributed by atoms with E-state index in [-0.39, 0.29) is 6.10 Å². The molecule has 0 radical (unpaired) electrons. The van der Waals surface area contributed by atoms with E-state index in [0.29, 0.717) is 17.9 Å². The number of nitrogens with two attached hydrogens (primary N) is 1. The first kappa shape index (κ1) is 13.1. The fraction of sp³-hybridized carbons (Fsp3) is 0.188. The minimum absolute atomic E-state index is 0.241. The van der Waals surface area contributed by atoms with Crippen LogP contribution in [0.4, 0.5) is 0 Å². The van der Waals surface area contributed by atoms with Crippen LogP contribution in [0.3, 0.4) is 0 Å². The Kier molecular flexibility index (Phi) is 4.17. The van der Waals surface area contributed by atoms with Crippen LogP contribution in [-0.2, 0) is 0 Å². The number of aryl methyl sites for hydroxylation is 1. The number of para-hydroxylation sites is 1. The zero-order chi connectivity index (χ0) is 13.7. The molecular weight excluding hydrogens is 236 g/mol. The summed E-state index contributed by atoms with van der Waals surface area (Å²) < 4.78 is 5.86. The first-order valence-electron chi connectivity index (χ1n) is 6.17. The van der Waals surface area contributed by atoms with Crippen molar-refractivity contribution in [3.63, 3.8) is 0 Å². The Balaban J connectivity index is 2.24. The normalized spacial score (nSPS) is 11.6. The summed E-state index contributed by atoms with van der Waals surface area (Å²) >= 11 is 0. The molecular formula is C16H16N2O. The van der Waals surface area contributed by atoms with Gasteiger partial charge in [-0.1, -0.05) is 42.0 Å². The van der Waals surface area contributed by atoms with Gasteiger partial charge in [-0.2, -0.15) is 5.26 Å². The molecule has 2 aromatic rings. The van der Waals surface area contributed by atoms with Crippen LogP contribution in [0, 0.1) is 18.3 Å². The summed E-state index contributed by atoms with van der Waals surface area (Å²) in [6.07, 6.45) is -0.241. The minimum Gasteiger partial charge on any atom is -0.483 e. The molecule has 0 heterocycles. The molecule has 1 unspecified atom stereocenters. The van der Waals surface area contributed by atoms with Crippen LogP contribution in [0.5, 0.6) is 5.75 Å². The number of nitriles is 1. The monoisotopic (exact) mass is 252 g/mol. The molecule has 2 N–H and O–H groups in total. The summed E-state index contributed by atoms with van der Waals surface area (Å²) in [5, 5.41) is 9.05. The van der Waals surface area contributed by atoms with E-state index in [4.69, 9.17) is 15.7 Å². The zero-order valence-corrected chi connectivity index (χ0v) is 10.8. The summed E-state index contributed by atoms with van der Waals surface area (Å²) in [6.45, 7) is 2.40. The van der Waals surface area contributed by atoms with Crippen LogP contribution in [-0.4, -0.2) is 6.54 Å². The molecule has 0 saturated carbocycles. The molecule has 0 bridgehead atoms. The van der Waals surface area contributed by atoms with Gasteiger partial charge in [0.2, 0.25) is 0 Å². The molecule has 3 heteroatoms. The van der Waals surface area contributed by atoms with Crippen molar-refractivity contribution >= 4 is 0 Å². The van der Waals surface area contributed by atoms with Crippen LogP contribution >= 0.6 is 0 Å². The van der Waals surface area contributed by atoms with Gasteiger partial charge in [0.15, 0.2) is 0 Å². The lowest BCUT2D eigenvalue weighted by Gasteiger charge is -2.18. The molecule has 2 aromatic carbocycles. The first-order valence-corrected chi connectivity index (χ1v) is 6.17. The number of benzene rings is 2. The van der Waals surface area contributed by atoms with E-state index >= 15 is 0 Å². The number of rotatable bonds is 4. The predicted molar refractivity (Wildman–Crippen MR) is 74.8 cm³/mol. The van der Waals surface area contributed by atoms with Gasteiger partial charge >= 0.3 is 0 Å². The van der Waals surface area contributed by atoms with Gasteiger partial charge < -0.3 is 10.5 Å². The van der Waals surface area contributed by atoms with Crippen molar-refractivity contribution in [2.75, 3.05) is 6.54 Å². The predicted octanol–water partition coefficient (Wildman–Crippen LogP) is 2.95. The van der Waals surface area contributed by atoms with Crippen molar-refractivity contribution in [1.29, 1.82) is 5.26 Å². The molecule has 96 valence electrons. The Bertz CT molecular complexity index is 584. The average Bonchev–Trinajstić information content (AvgIpc) is 2.46. The number of hydrogen-bond acceptors (Lipinski definition) is 3. The lowest BCUT2D eigenvalue weighted by atomic mass is 10.1. The highest BCUT2D eigenvalue weighted by Gasteiger charge is 2.13. The zero-order valence-electron chi connectivity index (χ0n) is 10.8. The van der Waals surface area contributed by atoms with Gasteiger partial charge in [-0.25, -0.2) is 0 Å². The highest BCUT2D eigenvalue weighted by atomic mass is 16.5. The third-order valence-corrected chi connectivity index (χ3v) is 2.94. The second-order valence-corrected chi connectivity index (χ2v) is 4.36. The van der Waals surface area contributed by atoms with Crippen molar-refractivity contribution in [3.8, 4) is 11.8 Å². The molecule has 0 aromatic heterocycles. The lowest BCUT2D eigenvalue weighted by molar-refractivity contribution is 0.213. The van der Waals surface area contributed by atoms with E-state index in [2.05, 4.69) is 6.07 Å². The molecule has 0 amide bonds. The summed E-state index contributed by atoms with van der Waals surface area (Å²) in [4.78, 5) is 0. The molecule has 0 aliphatic heterocycles. The van der Waals surface area contributed by atoms with Crippen molar-refractivity contribution < 1.29 is 4.74 Å². The van der Waals surface area contributed by atoms with Gasteiger partial charge in [0.1, 0.15) is 17.9 Å². The Morgan fingerprint density at radius 3 is 2.47 bits per heavy atom. The lowest BCUT2D eigenvalue weighted by Crippen LogP contribution is -2.18. The highest BCUT2D eigenvalue weighted by molar-refractivity contribution is 5.43. The van der Waals surface area contributed by atoms with E-state index in [0.717, 1.165) is 5.56 Å². The van der Waals surface area contributed by atoms with Crippen molar-refractivity contribution in [3.05, 3.63) is 65.2 Å². The summed E-state index contributed by atoms with van der Waals surface area (Å²) in [5.41, 5.74) is 8.50. The van der Waals surface area contributed by atoms with E-state index in [1.165, 1.54) is 5.56 Å². The van der Waals surface area contributed by atoms with Crippen LogP contribution in [0.1, 0.15) is 22.8 Å². The molecule has 19 heavy (non-hydrogen) atoms. The van der Waals surface area contributed by atoms with Crippen LogP contribution < -0.4 is 10.5 Å². The SMILES string of the molecule is Cc1ccc(C(CN)Oc2ccccc2C#N)cc1. The maximum atomic E-state index is 9.05. The maximum absolute atomic E-state index is 9.05. The second-order valence-electron chi connectivity index (χ2n) is 4.36. The van der Waals surface area contributed by atoms with Gasteiger partial charge in [0.05, 0.1) is 5.56 Å². The van der Waals surface area contributed by atoms with E-state index in [1.54, 1.807) is 12.1 Å². The van der Waals surface area contributed by atoms with E-state index in [1.807, 2.05) is 43.3 Å². The molecule has 3 nitrogen and oxygen atoms in total. The summed E-state index contributed by atoms with van der Waals surface area (Å²) in [5.74, 6) is 0.570. The molecule has 0 aliphatic rings. The number of hydrogen-bond donors (Lipinski definition) is 1.